The highest BCUT2D eigenvalue weighted by Gasteiger charge is 2.25. The Morgan fingerprint density at radius 3 is 2.07 bits per heavy atom. The van der Waals surface area contributed by atoms with Gasteiger partial charge in [-0.15, -0.1) is 0 Å². The minimum absolute atomic E-state index is 0.0436. The van der Waals surface area contributed by atoms with Crippen molar-refractivity contribution >= 4 is 18.5 Å². The van der Waals surface area contributed by atoms with Gasteiger partial charge in [-0.2, -0.15) is 12.6 Å². The topological polar surface area (TPSA) is 29.1 Å². The van der Waals surface area contributed by atoms with Crippen LogP contribution in [0.4, 0.5) is 0 Å². The molecule has 1 unspecified atom stereocenters. The van der Waals surface area contributed by atoms with E-state index in [2.05, 4.69) is 45.6 Å². The van der Waals surface area contributed by atoms with Gasteiger partial charge in [-0.25, -0.2) is 0 Å². The predicted octanol–water partition coefficient (Wildman–Crippen LogP) is 2.74. The summed E-state index contributed by atoms with van der Waals surface area (Å²) in [6.45, 7) is 13.4. The van der Waals surface area contributed by atoms with Gasteiger partial charge in [0, 0.05) is 6.54 Å². The number of nitrogens with one attached hydrogen (secondary N) is 1. The van der Waals surface area contributed by atoms with Gasteiger partial charge < -0.3 is 5.32 Å². The van der Waals surface area contributed by atoms with Crippen molar-refractivity contribution in [1.29, 1.82) is 0 Å². The average molecular weight is 231 g/mol. The molecule has 3 heteroatoms. The molecule has 90 valence electrons. The van der Waals surface area contributed by atoms with Crippen LogP contribution in [-0.2, 0) is 4.79 Å². The van der Waals surface area contributed by atoms with Gasteiger partial charge in [-0.3, -0.25) is 4.79 Å². The van der Waals surface area contributed by atoms with Crippen molar-refractivity contribution in [3.8, 4) is 0 Å². The maximum absolute atomic E-state index is 11.7. The van der Waals surface area contributed by atoms with E-state index >= 15 is 0 Å². The van der Waals surface area contributed by atoms with E-state index in [0.29, 0.717) is 12.5 Å². The summed E-state index contributed by atoms with van der Waals surface area (Å²) in [7, 11) is 0. The van der Waals surface area contributed by atoms with Gasteiger partial charge in [0.2, 0.25) is 5.91 Å². The van der Waals surface area contributed by atoms with Crippen molar-refractivity contribution in [3.05, 3.63) is 0 Å². The molecule has 0 rings (SSSR count). The Morgan fingerprint density at radius 1 is 1.27 bits per heavy atom. The lowest BCUT2D eigenvalue weighted by Gasteiger charge is -2.30. The molecular weight excluding hydrogens is 206 g/mol. The molecule has 0 fully saturated rings. The van der Waals surface area contributed by atoms with Crippen molar-refractivity contribution in [1.82, 2.24) is 5.32 Å². The maximum atomic E-state index is 11.7. The van der Waals surface area contributed by atoms with Crippen LogP contribution in [0.1, 0.15) is 41.5 Å². The van der Waals surface area contributed by atoms with Crippen LogP contribution in [0.15, 0.2) is 0 Å². The summed E-state index contributed by atoms with van der Waals surface area (Å²) >= 11 is 4.29. The third-order valence-corrected chi connectivity index (χ3v) is 4.01. The lowest BCUT2D eigenvalue weighted by Crippen LogP contribution is -2.41. The number of rotatable bonds is 5. The SMILES string of the molecule is CC(C)C(S)C(=O)NCC(C)(C)C(C)C. The molecule has 0 heterocycles. The summed E-state index contributed by atoms with van der Waals surface area (Å²) in [4.78, 5) is 11.7. The van der Waals surface area contributed by atoms with Gasteiger partial charge in [-0.05, 0) is 17.3 Å². The molecular formula is C12H25NOS. The summed E-state index contributed by atoms with van der Waals surface area (Å²) in [5, 5.41) is 2.77. The van der Waals surface area contributed by atoms with E-state index in [1.54, 1.807) is 0 Å². The first kappa shape index (κ1) is 14.8. The molecule has 0 aliphatic carbocycles. The first-order valence-corrected chi connectivity index (χ1v) is 6.16. The Labute approximate surface area is 99.6 Å². The Morgan fingerprint density at radius 2 is 1.73 bits per heavy atom. The zero-order chi connectivity index (χ0) is 12.2. The molecule has 15 heavy (non-hydrogen) atoms. The second-order valence-corrected chi connectivity index (χ2v) is 6.11. The number of hydrogen-bond donors (Lipinski definition) is 2. The number of carbonyl (C=O) groups is 1. The largest absolute Gasteiger partial charge is 0.355 e. The number of carbonyl (C=O) groups excluding carboxylic acids is 1. The van der Waals surface area contributed by atoms with Crippen LogP contribution in [0.25, 0.3) is 0 Å². The maximum Gasteiger partial charge on any atom is 0.233 e. The highest BCUT2D eigenvalue weighted by Crippen LogP contribution is 2.24. The standard InChI is InChI=1S/C12H25NOS/c1-8(2)10(15)11(14)13-7-12(5,6)9(3)4/h8-10,15H,7H2,1-6H3,(H,13,14). The lowest BCUT2D eigenvalue weighted by molar-refractivity contribution is -0.121. The molecule has 0 saturated heterocycles. The van der Waals surface area contributed by atoms with E-state index in [4.69, 9.17) is 0 Å². The van der Waals surface area contributed by atoms with Crippen molar-refractivity contribution < 1.29 is 4.79 Å². The molecule has 1 atom stereocenters. The van der Waals surface area contributed by atoms with E-state index < -0.39 is 0 Å². The second-order valence-electron chi connectivity index (χ2n) is 5.55. The molecule has 0 saturated carbocycles. The van der Waals surface area contributed by atoms with Crippen molar-refractivity contribution in [2.24, 2.45) is 17.3 Å². The Kier molecular flexibility index (Phi) is 5.71. The molecule has 0 aliphatic heterocycles. The number of hydrogen-bond acceptors (Lipinski definition) is 2. The number of thiol groups is 1. The van der Waals surface area contributed by atoms with E-state index in [1.807, 2.05) is 13.8 Å². The molecule has 1 N–H and O–H groups in total. The van der Waals surface area contributed by atoms with Gasteiger partial charge in [0.05, 0.1) is 5.25 Å². The highest BCUT2D eigenvalue weighted by molar-refractivity contribution is 7.81. The minimum atomic E-state index is -0.201. The first-order chi connectivity index (χ1) is 6.68. The van der Waals surface area contributed by atoms with Gasteiger partial charge in [-0.1, -0.05) is 41.5 Å². The molecule has 0 aromatic rings. The zero-order valence-corrected chi connectivity index (χ0v) is 11.7. The Bertz CT molecular complexity index is 212. The first-order valence-electron chi connectivity index (χ1n) is 5.64. The van der Waals surface area contributed by atoms with Crippen LogP contribution in [0, 0.1) is 17.3 Å². The Balaban J connectivity index is 4.12. The quantitative estimate of drug-likeness (QED) is 0.700. The molecule has 0 aliphatic rings. The average Bonchev–Trinajstić information content (AvgIpc) is 2.12. The van der Waals surface area contributed by atoms with Crippen LogP contribution < -0.4 is 5.32 Å². The third kappa shape index (κ3) is 4.92. The fourth-order valence-electron chi connectivity index (χ4n) is 0.926. The molecule has 0 spiro atoms. The molecule has 2 nitrogen and oxygen atoms in total. The van der Waals surface area contributed by atoms with Crippen LogP contribution in [0.3, 0.4) is 0 Å². The number of amides is 1. The van der Waals surface area contributed by atoms with Crippen LogP contribution in [0.5, 0.6) is 0 Å². The summed E-state index contributed by atoms with van der Waals surface area (Å²) in [5.74, 6) is 0.868. The van der Waals surface area contributed by atoms with Gasteiger partial charge in [0.1, 0.15) is 0 Å². The summed E-state index contributed by atoms with van der Waals surface area (Å²) in [6, 6.07) is 0. The second kappa shape index (κ2) is 5.78. The van der Waals surface area contributed by atoms with E-state index in [1.165, 1.54) is 0 Å². The summed E-state index contributed by atoms with van der Waals surface area (Å²) in [5.41, 5.74) is 0.139. The van der Waals surface area contributed by atoms with Gasteiger partial charge >= 0.3 is 0 Å². The van der Waals surface area contributed by atoms with Gasteiger partial charge in [0.15, 0.2) is 0 Å². The van der Waals surface area contributed by atoms with E-state index in [-0.39, 0.29) is 22.5 Å². The fraction of sp³-hybridized carbons (Fsp3) is 0.917. The molecule has 0 radical (unpaired) electrons. The monoisotopic (exact) mass is 231 g/mol. The fourth-order valence-corrected chi connectivity index (χ4v) is 1.02. The van der Waals surface area contributed by atoms with Gasteiger partial charge in [0.25, 0.3) is 0 Å². The summed E-state index contributed by atoms with van der Waals surface area (Å²) < 4.78 is 0. The smallest absolute Gasteiger partial charge is 0.233 e. The van der Waals surface area contributed by atoms with Crippen molar-refractivity contribution in [2.45, 2.75) is 46.8 Å². The summed E-state index contributed by atoms with van der Waals surface area (Å²) in [6.07, 6.45) is 0. The molecule has 1 amide bonds. The van der Waals surface area contributed by atoms with E-state index in [9.17, 15) is 4.79 Å². The zero-order valence-electron chi connectivity index (χ0n) is 10.8. The van der Waals surface area contributed by atoms with Crippen LogP contribution in [0.2, 0.25) is 0 Å². The minimum Gasteiger partial charge on any atom is -0.355 e. The predicted molar refractivity (Wildman–Crippen MR) is 69.2 cm³/mol. The van der Waals surface area contributed by atoms with Crippen molar-refractivity contribution in [2.75, 3.05) is 6.54 Å². The molecule has 0 bridgehead atoms. The highest BCUT2D eigenvalue weighted by atomic mass is 32.1. The lowest BCUT2D eigenvalue weighted by atomic mass is 9.81. The molecule has 0 aromatic carbocycles. The van der Waals surface area contributed by atoms with E-state index in [0.717, 1.165) is 0 Å². The molecule has 0 aromatic heterocycles. The van der Waals surface area contributed by atoms with Crippen LogP contribution in [-0.4, -0.2) is 17.7 Å². The Hall–Kier alpha value is -0.180. The normalized spacial score (nSPS) is 14.5. The third-order valence-electron chi connectivity index (χ3n) is 3.18. The van der Waals surface area contributed by atoms with Crippen LogP contribution >= 0.6 is 12.6 Å². The van der Waals surface area contributed by atoms with Crippen molar-refractivity contribution in [3.63, 3.8) is 0 Å².